The molecule has 0 aromatic heterocycles. The Labute approximate surface area is 124 Å². The Morgan fingerprint density at radius 2 is 2.10 bits per heavy atom. The molecule has 0 heterocycles. The van der Waals surface area contributed by atoms with Gasteiger partial charge in [0.25, 0.3) is 0 Å². The van der Waals surface area contributed by atoms with E-state index in [1.807, 2.05) is 0 Å². The molecule has 1 aromatic carbocycles. The van der Waals surface area contributed by atoms with Gasteiger partial charge in [-0.25, -0.2) is 4.79 Å². The summed E-state index contributed by atoms with van der Waals surface area (Å²) in [6.45, 7) is 0. The van der Waals surface area contributed by atoms with E-state index in [2.05, 4.69) is 12.2 Å². The Hall–Kier alpha value is -2.16. The minimum absolute atomic E-state index is 0.0977. The van der Waals surface area contributed by atoms with Gasteiger partial charge < -0.3 is 4.74 Å². The number of benzene rings is 1. The van der Waals surface area contributed by atoms with Crippen LogP contribution >= 0.6 is 0 Å². The van der Waals surface area contributed by atoms with Gasteiger partial charge in [-0.2, -0.15) is 0 Å². The van der Waals surface area contributed by atoms with Gasteiger partial charge in [0.1, 0.15) is 0 Å². The summed E-state index contributed by atoms with van der Waals surface area (Å²) in [4.78, 5) is 24.1. The van der Waals surface area contributed by atoms with Gasteiger partial charge in [0.2, 0.25) is 0 Å². The highest BCUT2D eigenvalue weighted by atomic mass is 16.5. The Morgan fingerprint density at radius 3 is 2.81 bits per heavy atom. The van der Waals surface area contributed by atoms with Crippen molar-refractivity contribution in [3.8, 4) is 0 Å². The SMILES string of the molecule is COC(=O)c1ccc2c(c1)CCC(=CC1=CCCC1)C2=O. The van der Waals surface area contributed by atoms with Crippen LogP contribution in [-0.2, 0) is 11.2 Å². The molecule has 0 amide bonds. The Morgan fingerprint density at radius 1 is 1.24 bits per heavy atom. The molecule has 0 unspecified atom stereocenters. The van der Waals surface area contributed by atoms with E-state index >= 15 is 0 Å². The minimum Gasteiger partial charge on any atom is -0.465 e. The number of hydrogen-bond acceptors (Lipinski definition) is 3. The molecule has 0 aliphatic heterocycles. The number of methoxy groups -OCH3 is 1. The lowest BCUT2D eigenvalue weighted by molar-refractivity contribution is 0.0600. The second-order valence-corrected chi connectivity index (χ2v) is 5.53. The van der Waals surface area contributed by atoms with Gasteiger partial charge in [0.15, 0.2) is 5.78 Å². The number of aryl methyl sites for hydroxylation is 1. The molecule has 0 N–H and O–H groups in total. The summed E-state index contributed by atoms with van der Waals surface area (Å²) in [7, 11) is 1.36. The summed E-state index contributed by atoms with van der Waals surface area (Å²) in [5.74, 6) is -0.261. The molecule has 0 saturated heterocycles. The van der Waals surface area contributed by atoms with Gasteiger partial charge in [-0.1, -0.05) is 17.7 Å². The summed E-state index contributed by atoms with van der Waals surface area (Å²) >= 11 is 0. The van der Waals surface area contributed by atoms with E-state index in [0.717, 1.165) is 42.4 Å². The van der Waals surface area contributed by atoms with Crippen molar-refractivity contribution in [2.75, 3.05) is 7.11 Å². The van der Waals surface area contributed by atoms with Crippen molar-refractivity contribution in [3.63, 3.8) is 0 Å². The lowest BCUT2D eigenvalue weighted by Crippen LogP contribution is -2.15. The molecule has 3 heteroatoms. The van der Waals surface area contributed by atoms with Gasteiger partial charge in [-0.3, -0.25) is 4.79 Å². The number of fused-ring (bicyclic) bond motifs is 1. The van der Waals surface area contributed by atoms with Crippen LogP contribution in [0.1, 0.15) is 52.0 Å². The van der Waals surface area contributed by atoms with E-state index in [9.17, 15) is 9.59 Å². The first-order chi connectivity index (χ1) is 10.2. The highest BCUT2D eigenvalue weighted by Gasteiger charge is 2.23. The molecule has 21 heavy (non-hydrogen) atoms. The van der Waals surface area contributed by atoms with Crippen LogP contribution in [0.15, 0.2) is 41.5 Å². The molecule has 2 aliphatic carbocycles. The van der Waals surface area contributed by atoms with Gasteiger partial charge in [-0.05, 0) is 55.9 Å². The summed E-state index contributed by atoms with van der Waals surface area (Å²) < 4.78 is 4.72. The van der Waals surface area contributed by atoms with Crippen molar-refractivity contribution >= 4 is 11.8 Å². The molecule has 0 bridgehead atoms. The van der Waals surface area contributed by atoms with Crippen LogP contribution in [-0.4, -0.2) is 18.9 Å². The van der Waals surface area contributed by atoms with Crippen LogP contribution < -0.4 is 0 Å². The van der Waals surface area contributed by atoms with Crippen LogP contribution in [0.4, 0.5) is 0 Å². The predicted molar refractivity (Wildman–Crippen MR) is 80.5 cm³/mol. The fraction of sp³-hybridized carbons (Fsp3) is 0.333. The molecular formula is C18H18O3. The summed E-state index contributed by atoms with van der Waals surface area (Å²) in [5, 5.41) is 0. The second-order valence-electron chi connectivity index (χ2n) is 5.53. The average molecular weight is 282 g/mol. The number of Topliss-reactive ketones (excluding diaryl/α,β-unsaturated/α-hetero) is 1. The van der Waals surface area contributed by atoms with Gasteiger partial charge in [0.05, 0.1) is 12.7 Å². The van der Waals surface area contributed by atoms with Crippen molar-refractivity contribution < 1.29 is 14.3 Å². The van der Waals surface area contributed by atoms with Gasteiger partial charge in [-0.15, -0.1) is 0 Å². The summed E-state index contributed by atoms with van der Waals surface area (Å²) in [5.41, 5.74) is 4.35. The van der Waals surface area contributed by atoms with E-state index in [1.165, 1.54) is 19.1 Å². The average Bonchev–Trinajstić information content (AvgIpc) is 3.02. The number of ketones is 1. The zero-order valence-corrected chi connectivity index (χ0v) is 12.1. The largest absolute Gasteiger partial charge is 0.465 e. The normalized spacial score (nSPS) is 19.4. The van der Waals surface area contributed by atoms with Crippen molar-refractivity contribution in [1.29, 1.82) is 0 Å². The molecule has 0 radical (unpaired) electrons. The topological polar surface area (TPSA) is 43.4 Å². The Bertz CT molecular complexity index is 665. The number of carbonyl (C=O) groups is 2. The molecule has 0 fully saturated rings. The first kappa shape index (κ1) is 13.8. The number of allylic oxidation sites excluding steroid dienone is 4. The molecule has 108 valence electrons. The lowest BCUT2D eigenvalue weighted by Gasteiger charge is -2.18. The van der Waals surface area contributed by atoms with E-state index in [-0.39, 0.29) is 11.8 Å². The van der Waals surface area contributed by atoms with Crippen molar-refractivity contribution in [3.05, 3.63) is 58.2 Å². The standard InChI is InChI=1S/C18H18O3/c1-21-18(20)15-8-9-16-13(11-15)6-7-14(17(16)19)10-12-4-2-3-5-12/h4,8-11H,2-3,5-7H2,1H3. The summed E-state index contributed by atoms with van der Waals surface area (Å²) in [6, 6.07) is 5.20. The van der Waals surface area contributed by atoms with Crippen molar-refractivity contribution in [2.24, 2.45) is 0 Å². The first-order valence-electron chi connectivity index (χ1n) is 7.34. The third-order valence-electron chi connectivity index (χ3n) is 4.16. The third kappa shape index (κ3) is 2.68. The van der Waals surface area contributed by atoms with Crippen molar-refractivity contribution in [2.45, 2.75) is 32.1 Å². The minimum atomic E-state index is -0.359. The smallest absolute Gasteiger partial charge is 0.337 e. The molecule has 0 atom stereocenters. The van der Waals surface area contributed by atoms with Crippen LogP contribution in [0.5, 0.6) is 0 Å². The number of esters is 1. The predicted octanol–water partition coefficient (Wildman–Crippen LogP) is 3.64. The van der Waals surface area contributed by atoms with Crippen LogP contribution in [0.2, 0.25) is 0 Å². The number of hydrogen-bond donors (Lipinski definition) is 0. The maximum absolute atomic E-state index is 12.5. The highest BCUT2D eigenvalue weighted by Crippen LogP contribution is 2.29. The molecule has 3 nitrogen and oxygen atoms in total. The highest BCUT2D eigenvalue weighted by molar-refractivity contribution is 6.11. The van der Waals surface area contributed by atoms with Crippen LogP contribution in [0, 0.1) is 0 Å². The molecule has 3 rings (SSSR count). The molecular weight excluding hydrogens is 264 g/mol. The molecule has 2 aliphatic rings. The van der Waals surface area contributed by atoms with Crippen molar-refractivity contribution in [1.82, 2.24) is 0 Å². The number of rotatable bonds is 2. The number of carbonyl (C=O) groups excluding carboxylic acids is 2. The fourth-order valence-corrected chi connectivity index (χ4v) is 3.01. The fourth-order valence-electron chi connectivity index (χ4n) is 3.01. The van der Waals surface area contributed by atoms with E-state index in [0.29, 0.717) is 5.56 Å². The van der Waals surface area contributed by atoms with E-state index in [1.54, 1.807) is 18.2 Å². The Kier molecular flexibility index (Phi) is 3.74. The first-order valence-corrected chi connectivity index (χ1v) is 7.34. The monoisotopic (exact) mass is 282 g/mol. The van der Waals surface area contributed by atoms with E-state index < -0.39 is 0 Å². The maximum Gasteiger partial charge on any atom is 0.337 e. The molecule has 1 aromatic rings. The second kappa shape index (κ2) is 5.68. The van der Waals surface area contributed by atoms with Gasteiger partial charge >= 0.3 is 5.97 Å². The van der Waals surface area contributed by atoms with Gasteiger partial charge in [0, 0.05) is 11.1 Å². The summed E-state index contributed by atoms with van der Waals surface area (Å²) in [6.07, 6.45) is 9.20. The third-order valence-corrected chi connectivity index (χ3v) is 4.16. The molecule has 0 spiro atoms. The number of ether oxygens (including phenoxy) is 1. The van der Waals surface area contributed by atoms with Crippen LogP contribution in [0.3, 0.4) is 0 Å². The zero-order valence-electron chi connectivity index (χ0n) is 12.1. The molecule has 0 saturated carbocycles. The quantitative estimate of drug-likeness (QED) is 0.614. The van der Waals surface area contributed by atoms with Crippen LogP contribution in [0.25, 0.3) is 0 Å². The lowest BCUT2D eigenvalue weighted by atomic mass is 9.85. The Balaban J connectivity index is 1.90. The van der Waals surface area contributed by atoms with E-state index in [4.69, 9.17) is 4.74 Å². The maximum atomic E-state index is 12.5. The zero-order chi connectivity index (χ0) is 14.8.